The lowest BCUT2D eigenvalue weighted by atomic mass is 10.2. The normalized spacial score (nSPS) is 10.4. The van der Waals surface area contributed by atoms with Crippen molar-refractivity contribution in [2.24, 2.45) is 0 Å². The Balaban J connectivity index is 2.28. The van der Waals surface area contributed by atoms with Gasteiger partial charge in [0.05, 0.1) is 17.7 Å². The van der Waals surface area contributed by atoms with Crippen LogP contribution in [-0.2, 0) is 6.54 Å². The van der Waals surface area contributed by atoms with Gasteiger partial charge in [-0.2, -0.15) is 0 Å². The van der Waals surface area contributed by atoms with E-state index in [1.54, 1.807) is 13.1 Å². The lowest BCUT2D eigenvalue weighted by Crippen LogP contribution is -2.20. The van der Waals surface area contributed by atoms with Gasteiger partial charge in [-0.05, 0) is 25.5 Å². The molecular formula is C14H16N4O3. The van der Waals surface area contributed by atoms with Crippen LogP contribution in [0.3, 0.4) is 0 Å². The Morgan fingerprint density at radius 1 is 1.43 bits per heavy atom. The van der Waals surface area contributed by atoms with E-state index in [0.717, 1.165) is 17.9 Å². The second kappa shape index (κ2) is 6.17. The van der Waals surface area contributed by atoms with Gasteiger partial charge in [-0.1, -0.05) is 6.07 Å². The molecule has 0 spiro atoms. The molecule has 7 heteroatoms. The zero-order valence-corrected chi connectivity index (χ0v) is 11.9. The van der Waals surface area contributed by atoms with E-state index in [1.165, 1.54) is 16.8 Å². The Kier molecular flexibility index (Phi) is 4.32. The molecular weight excluding hydrogens is 272 g/mol. The fourth-order valence-corrected chi connectivity index (χ4v) is 1.97. The molecule has 0 aliphatic heterocycles. The maximum absolute atomic E-state index is 11.9. The van der Waals surface area contributed by atoms with Crippen molar-refractivity contribution in [2.75, 3.05) is 11.9 Å². The van der Waals surface area contributed by atoms with E-state index in [4.69, 9.17) is 0 Å². The van der Waals surface area contributed by atoms with E-state index in [0.29, 0.717) is 5.56 Å². The van der Waals surface area contributed by atoms with Crippen LogP contribution in [0.4, 0.5) is 11.5 Å². The zero-order valence-electron chi connectivity index (χ0n) is 11.9. The third kappa shape index (κ3) is 3.44. The summed E-state index contributed by atoms with van der Waals surface area (Å²) in [6.07, 6.45) is 2.92. The molecule has 1 N–H and O–H groups in total. The molecule has 2 rings (SSSR count). The fraction of sp³-hybridized carbons (Fsp3) is 0.286. The molecule has 0 aliphatic rings. The van der Waals surface area contributed by atoms with Gasteiger partial charge < -0.3 is 9.88 Å². The number of nitrogens with one attached hydrogen (secondary N) is 1. The minimum absolute atomic E-state index is 0.0631. The number of rotatable bonds is 5. The summed E-state index contributed by atoms with van der Waals surface area (Å²) in [4.78, 5) is 26.5. The van der Waals surface area contributed by atoms with Crippen LogP contribution in [0, 0.1) is 17.0 Å². The number of aromatic nitrogens is 2. The second-order valence-electron chi connectivity index (χ2n) is 4.65. The van der Waals surface area contributed by atoms with Crippen LogP contribution in [0.25, 0.3) is 0 Å². The quantitative estimate of drug-likeness (QED) is 0.670. The number of pyridine rings is 2. The number of hydrogen-bond acceptors (Lipinski definition) is 5. The Hall–Kier alpha value is -2.70. The summed E-state index contributed by atoms with van der Waals surface area (Å²) in [5, 5.41) is 14.0. The molecule has 2 aromatic rings. The van der Waals surface area contributed by atoms with Crippen LogP contribution in [0.5, 0.6) is 0 Å². The second-order valence-corrected chi connectivity index (χ2v) is 4.65. The molecule has 0 aliphatic carbocycles. The standard InChI is InChI=1S/C14H16N4O3/c1-3-15-13-5-4-11(7-16-13)8-17-9-12(18(20)21)10(2)6-14(17)19/h4-7,9H,3,8H2,1-2H3,(H,15,16). The van der Waals surface area contributed by atoms with Gasteiger partial charge in [-0.15, -0.1) is 0 Å². The predicted octanol–water partition coefficient (Wildman–Crippen LogP) is 1.94. The van der Waals surface area contributed by atoms with Crippen molar-refractivity contribution in [1.29, 1.82) is 0 Å². The Labute approximate surface area is 121 Å². The molecule has 0 atom stereocenters. The zero-order chi connectivity index (χ0) is 15.4. The first-order chi connectivity index (χ1) is 10.0. The number of anilines is 1. The van der Waals surface area contributed by atoms with Crippen molar-refractivity contribution >= 4 is 11.5 Å². The summed E-state index contributed by atoms with van der Waals surface area (Å²) in [7, 11) is 0. The summed E-state index contributed by atoms with van der Waals surface area (Å²) in [6.45, 7) is 4.55. The highest BCUT2D eigenvalue weighted by atomic mass is 16.6. The van der Waals surface area contributed by atoms with Crippen molar-refractivity contribution in [3.63, 3.8) is 0 Å². The van der Waals surface area contributed by atoms with Gasteiger partial charge in [0.25, 0.3) is 11.2 Å². The van der Waals surface area contributed by atoms with Crippen LogP contribution in [0.15, 0.2) is 35.4 Å². The Morgan fingerprint density at radius 3 is 2.76 bits per heavy atom. The lowest BCUT2D eigenvalue weighted by Gasteiger charge is -2.08. The molecule has 0 fully saturated rings. The van der Waals surface area contributed by atoms with Gasteiger partial charge in [0.15, 0.2) is 0 Å². The van der Waals surface area contributed by atoms with Crippen molar-refractivity contribution in [1.82, 2.24) is 9.55 Å². The van der Waals surface area contributed by atoms with Gasteiger partial charge in [0.2, 0.25) is 0 Å². The van der Waals surface area contributed by atoms with Gasteiger partial charge in [-0.25, -0.2) is 4.98 Å². The van der Waals surface area contributed by atoms with Gasteiger partial charge in [-0.3, -0.25) is 14.9 Å². The SMILES string of the molecule is CCNc1ccc(Cn2cc([N+](=O)[O-])c(C)cc2=O)cn1. The van der Waals surface area contributed by atoms with Gasteiger partial charge in [0, 0.05) is 24.4 Å². The molecule has 2 heterocycles. The summed E-state index contributed by atoms with van der Waals surface area (Å²) in [5.74, 6) is 0.753. The van der Waals surface area contributed by atoms with Crippen molar-refractivity contribution in [3.8, 4) is 0 Å². The minimum atomic E-state index is -0.488. The van der Waals surface area contributed by atoms with Crippen LogP contribution >= 0.6 is 0 Å². The van der Waals surface area contributed by atoms with Gasteiger partial charge >= 0.3 is 0 Å². The molecule has 21 heavy (non-hydrogen) atoms. The molecule has 0 amide bonds. The number of hydrogen-bond donors (Lipinski definition) is 1. The molecule has 0 aromatic carbocycles. The average Bonchev–Trinajstić information content (AvgIpc) is 2.43. The Bertz CT molecular complexity index is 707. The van der Waals surface area contributed by atoms with E-state index >= 15 is 0 Å². The van der Waals surface area contributed by atoms with E-state index in [-0.39, 0.29) is 17.8 Å². The summed E-state index contributed by atoms with van der Waals surface area (Å²) in [6, 6.07) is 4.92. The van der Waals surface area contributed by atoms with Gasteiger partial charge in [0.1, 0.15) is 5.82 Å². The van der Waals surface area contributed by atoms with E-state index in [9.17, 15) is 14.9 Å². The first-order valence-corrected chi connectivity index (χ1v) is 6.55. The fourth-order valence-electron chi connectivity index (χ4n) is 1.97. The van der Waals surface area contributed by atoms with Crippen LogP contribution in [0.2, 0.25) is 0 Å². The summed E-state index contributed by atoms with van der Waals surface area (Å²) >= 11 is 0. The third-order valence-corrected chi connectivity index (χ3v) is 3.04. The number of aryl methyl sites for hydroxylation is 1. The Morgan fingerprint density at radius 2 is 2.19 bits per heavy atom. The van der Waals surface area contributed by atoms with Crippen LogP contribution in [-0.4, -0.2) is 21.0 Å². The highest BCUT2D eigenvalue weighted by Crippen LogP contribution is 2.15. The highest BCUT2D eigenvalue weighted by Gasteiger charge is 2.13. The molecule has 7 nitrogen and oxygen atoms in total. The van der Waals surface area contributed by atoms with Crippen molar-refractivity contribution < 1.29 is 4.92 Å². The van der Waals surface area contributed by atoms with E-state index < -0.39 is 4.92 Å². The molecule has 0 radical (unpaired) electrons. The maximum atomic E-state index is 11.9. The topological polar surface area (TPSA) is 90.1 Å². The van der Waals surface area contributed by atoms with Crippen LogP contribution < -0.4 is 10.9 Å². The monoisotopic (exact) mass is 288 g/mol. The van der Waals surface area contributed by atoms with Crippen LogP contribution in [0.1, 0.15) is 18.1 Å². The molecule has 0 saturated heterocycles. The first-order valence-electron chi connectivity index (χ1n) is 6.55. The minimum Gasteiger partial charge on any atom is -0.370 e. The lowest BCUT2D eigenvalue weighted by molar-refractivity contribution is -0.385. The van der Waals surface area contributed by atoms with E-state index in [1.807, 2.05) is 19.1 Å². The van der Waals surface area contributed by atoms with E-state index in [2.05, 4.69) is 10.3 Å². The highest BCUT2D eigenvalue weighted by molar-refractivity contribution is 5.37. The average molecular weight is 288 g/mol. The molecule has 0 unspecified atom stereocenters. The molecule has 2 aromatic heterocycles. The molecule has 0 saturated carbocycles. The molecule has 0 bridgehead atoms. The van der Waals surface area contributed by atoms with Crippen molar-refractivity contribution in [2.45, 2.75) is 20.4 Å². The largest absolute Gasteiger partial charge is 0.370 e. The first kappa shape index (κ1) is 14.7. The molecule has 110 valence electrons. The third-order valence-electron chi connectivity index (χ3n) is 3.04. The van der Waals surface area contributed by atoms with Crippen molar-refractivity contribution in [3.05, 3.63) is 62.2 Å². The smallest absolute Gasteiger partial charge is 0.288 e. The number of nitro groups is 1. The maximum Gasteiger partial charge on any atom is 0.288 e. The summed E-state index contributed by atoms with van der Waals surface area (Å²) in [5.41, 5.74) is 0.833. The number of nitrogens with zero attached hydrogens (tertiary/aromatic N) is 3. The predicted molar refractivity (Wildman–Crippen MR) is 79.6 cm³/mol. The summed E-state index contributed by atoms with van der Waals surface area (Å²) < 4.78 is 1.31.